The smallest absolute Gasteiger partial charge is 0.329 e. The van der Waals surface area contributed by atoms with Crippen LogP contribution < -0.4 is 10.1 Å². The molecule has 0 radical (unpaired) electrons. The molecule has 1 aromatic carbocycles. The Labute approximate surface area is 145 Å². The maximum Gasteiger partial charge on any atom is 0.329 e. The number of amides is 1. The van der Waals surface area contributed by atoms with Gasteiger partial charge in [-0.15, -0.1) is 0 Å². The number of Topliss-reactive ketones (excluding diaryl/α,β-unsaturated/α-hetero) is 1. The number of carboxylic acids is 1. The molecule has 2 rings (SSSR count). The predicted molar refractivity (Wildman–Crippen MR) is 91.6 cm³/mol. The minimum absolute atomic E-state index is 0.0953. The Hall–Kier alpha value is -2.02. The topological polar surface area (TPSA) is 92.7 Å². The molecule has 130 valence electrons. The Kier molecular flexibility index (Phi) is 5.88. The van der Waals surface area contributed by atoms with Crippen molar-refractivity contribution in [2.24, 2.45) is 0 Å². The fourth-order valence-corrected chi connectivity index (χ4v) is 3.69. The van der Waals surface area contributed by atoms with Crippen LogP contribution in [0.25, 0.3) is 0 Å². The summed E-state index contributed by atoms with van der Waals surface area (Å²) in [7, 11) is 0. The van der Waals surface area contributed by atoms with Gasteiger partial charge in [-0.25, -0.2) is 4.79 Å². The number of rotatable bonds is 6. The summed E-state index contributed by atoms with van der Waals surface area (Å²) in [4.78, 5) is 35.4. The molecule has 1 unspecified atom stereocenters. The van der Waals surface area contributed by atoms with Crippen molar-refractivity contribution >= 4 is 29.4 Å². The summed E-state index contributed by atoms with van der Waals surface area (Å²) < 4.78 is 5.57. The van der Waals surface area contributed by atoms with Gasteiger partial charge in [0.15, 0.2) is 11.9 Å². The molecular formula is C17H21NO5S. The molecule has 1 aromatic rings. The van der Waals surface area contributed by atoms with Crippen molar-refractivity contribution in [1.29, 1.82) is 0 Å². The van der Waals surface area contributed by atoms with E-state index in [0.29, 0.717) is 35.7 Å². The van der Waals surface area contributed by atoms with E-state index < -0.39 is 23.5 Å². The highest BCUT2D eigenvalue weighted by Gasteiger charge is 2.42. The van der Waals surface area contributed by atoms with Crippen molar-refractivity contribution < 1.29 is 24.2 Å². The number of nitrogens with one attached hydrogen (secondary N) is 1. The number of aliphatic carboxylic acids is 1. The van der Waals surface area contributed by atoms with Crippen LogP contribution >= 0.6 is 11.8 Å². The highest BCUT2D eigenvalue weighted by atomic mass is 32.2. The van der Waals surface area contributed by atoms with Crippen LogP contribution in [-0.4, -0.2) is 45.9 Å². The van der Waals surface area contributed by atoms with Gasteiger partial charge in [-0.2, -0.15) is 11.8 Å². The van der Waals surface area contributed by atoms with Gasteiger partial charge in [0.2, 0.25) is 0 Å². The lowest BCUT2D eigenvalue weighted by Crippen LogP contribution is -2.58. The standard InChI is InChI=1S/C17H21NO5S/c1-11(19)13-4-3-5-14(10-13)23-12(2)15(20)18-17(16(21)22)6-8-24-9-7-17/h3-5,10,12H,6-9H2,1-2H3,(H,18,20)(H,21,22). The Morgan fingerprint density at radius 3 is 2.54 bits per heavy atom. The molecule has 1 amide bonds. The van der Waals surface area contributed by atoms with Gasteiger partial charge in [0.25, 0.3) is 5.91 Å². The molecule has 1 saturated heterocycles. The van der Waals surface area contributed by atoms with Crippen molar-refractivity contribution in [2.45, 2.75) is 38.3 Å². The van der Waals surface area contributed by atoms with E-state index in [4.69, 9.17) is 4.74 Å². The summed E-state index contributed by atoms with van der Waals surface area (Å²) in [5.41, 5.74) is -0.729. The van der Waals surface area contributed by atoms with Gasteiger partial charge in [-0.05, 0) is 50.3 Å². The van der Waals surface area contributed by atoms with E-state index in [0.717, 1.165) is 0 Å². The fourth-order valence-electron chi connectivity index (χ4n) is 2.50. The van der Waals surface area contributed by atoms with Crippen LogP contribution in [0.2, 0.25) is 0 Å². The molecule has 1 heterocycles. The Balaban J connectivity index is 2.05. The number of benzene rings is 1. The van der Waals surface area contributed by atoms with Gasteiger partial charge < -0.3 is 15.2 Å². The molecule has 0 aromatic heterocycles. The molecule has 1 aliphatic rings. The Bertz CT molecular complexity index is 640. The molecular weight excluding hydrogens is 330 g/mol. The lowest BCUT2D eigenvalue weighted by molar-refractivity contribution is -0.149. The van der Waals surface area contributed by atoms with Crippen LogP contribution in [0.15, 0.2) is 24.3 Å². The van der Waals surface area contributed by atoms with Crippen molar-refractivity contribution in [3.63, 3.8) is 0 Å². The zero-order chi connectivity index (χ0) is 17.7. The summed E-state index contributed by atoms with van der Waals surface area (Å²) in [5.74, 6) is 0.209. The van der Waals surface area contributed by atoms with Crippen LogP contribution in [-0.2, 0) is 9.59 Å². The first-order chi connectivity index (χ1) is 11.3. The number of ether oxygens (including phenoxy) is 1. The summed E-state index contributed by atoms with van der Waals surface area (Å²) >= 11 is 1.68. The second-order valence-electron chi connectivity index (χ2n) is 5.83. The number of carboxylic acid groups (broad SMARTS) is 1. The Morgan fingerprint density at radius 1 is 1.29 bits per heavy atom. The molecule has 0 saturated carbocycles. The van der Waals surface area contributed by atoms with E-state index in [1.807, 2.05) is 0 Å². The molecule has 24 heavy (non-hydrogen) atoms. The van der Waals surface area contributed by atoms with E-state index >= 15 is 0 Å². The van der Waals surface area contributed by atoms with E-state index in [1.165, 1.54) is 6.92 Å². The third-order valence-corrected chi connectivity index (χ3v) is 5.03. The second-order valence-corrected chi connectivity index (χ2v) is 7.06. The Morgan fingerprint density at radius 2 is 1.96 bits per heavy atom. The first-order valence-corrected chi connectivity index (χ1v) is 8.90. The maximum absolute atomic E-state index is 12.4. The molecule has 2 N–H and O–H groups in total. The summed E-state index contributed by atoms with van der Waals surface area (Å²) in [6.07, 6.45) is -0.0747. The number of ketones is 1. The molecule has 7 heteroatoms. The van der Waals surface area contributed by atoms with Gasteiger partial charge in [-0.3, -0.25) is 9.59 Å². The summed E-state index contributed by atoms with van der Waals surface area (Å²) in [6.45, 7) is 3.01. The van der Waals surface area contributed by atoms with Crippen molar-refractivity contribution in [3.8, 4) is 5.75 Å². The van der Waals surface area contributed by atoms with Crippen molar-refractivity contribution in [1.82, 2.24) is 5.32 Å². The molecule has 1 atom stereocenters. The number of hydrogen-bond acceptors (Lipinski definition) is 5. The zero-order valence-electron chi connectivity index (χ0n) is 13.7. The van der Waals surface area contributed by atoms with Gasteiger partial charge in [0.1, 0.15) is 11.3 Å². The lowest BCUT2D eigenvalue weighted by atomic mass is 9.92. The van der Waals surface area contributed by atoms with Crippen LogP contribution in [0.4, 0.5) is 0 Å². The third-order valence-electron chi connectivity index (χ3n) is 4.04. The second kappa shape index (κ2) is 7.70. The number of hydrogen-bond donors (Lipinski definition) is 2. The van der Waals surface area contributed by atoms with Crippen LogP contribution in [0.1, 0.15) is 37.0 Å². The minimum atomic E-state index is -1.22. The highest BCUT2D eigenvalue weighted by molar-refractivity contribution is 7.99. The van der Waals surface area contributed by atoms with Gasteiger partial charge in [0, 0.05) is 5.56 Å². The molecule has 0 spiro atoms. The van der Waals surface area contributed by atoms with Gasteiger partial charge >= 0.3 is 5.97 Å². The average molecular weight is 351 g/mol. The first-order valence-electron chi connectivity index (χ1n) is 7.75. The lowest BCUT2D eigenvalue weighted by Gasteiger charge is -2.34. The van der Waals surface area contributed by atoms with E-state index in [-0.39, 0.29) is 5.78 Å². The van der Waals surface area contributed by atoms with E-state index in [1.54, 1.807) is 43.0 Å². The maximum atomic E-state index is 12.4. The number of carbonyl (C=O) groups excluding carboxylic acids is 2. The highest BCUT2D eigenvalue weighted by Crippen LogP contribution is 2.27. The normalized spacial score (nSPS) is 17.6. The SMILES string of the molecule is CC(=O)c1cccc(OC(C)C(=O)NC2(C(=O)O)CCSCC2)c1. The zero-order valence-corrected chi connectivity index (χ0v) is 14.5. The summed E-state index contributed by atoms with van der Waals surface area (Å²) in [6, 6.07) is 6.56. The molecule has 0 bridgehead atoms. The molecule has 1 fully saturated rings. The largest absolute Gasteiger partial charge is 0.481 e. The monoisotopic (exact) mass is 351 g/mol. The molecule has 0 aliphatic carbocycles. The van der Waals surface area contributed by atoms with Crippen LogP contribution in [0.3, 0.4) is 0 Å². The quantitative estimate of drug-likeness (QED) is 0.763. The molecule has 6 nitrogen and oxygen atoms in total. The van der Waals surface area contributed by atoms with Crippen LogP contribution in [0, 0.1) is 0 Å². The fraction of sp³-hybridized carbons (Fsp3) is 0.471. The van der Waals surface area contributed by atoms with Gasteiger partial charge in [0.05, 0.1) is 0 Å². The van der Waals surface area contributed by atoms with Gasteiger partial charge in [-0.1, -0.05) is 12.1 Å². The van der Waals surface area contributed by atoms with E-state index in [9.17, 15) is 19.5 Å². The molecule has 1 aliphatic heterocycles. The minimum Gasteiger partial charge on any atom is -0.481 e. The van der Waals surface area contributed by atoms with Crippen LogP contribution in [0.5, 0.6) is 5.75 Å². The van der Waals surface area contributed by atoms with Crippen molar-refractivity contribution in [3.05, 3.63) is 29.8 Å². The predicted octanol–water partition coefficient (Wildman–Crippen LogP) is 2.12. The number of thioether (sulfide) groups is 1. The third kappa shape index (κ3) is 4.29. The summed E-state index contributed by atoms with van der Waals surface area (Å²) in [5, 5.41) is 12.1. The van der Waals surface area contributed by atoms with E-state index in [2.05, 4.69) is 5.32 Å². The number of carbonyl (C=O) groups is 3. The average Bonchev–Trinajstić information content (AvgIpc) is 2.55. The van der Waals surface area contributed by atoms with Crippen molar-refractivity contribution in [2.75, 3.05) is 11.5 Å². The first kappa shape index (κ1) is 18.3.